The molecule has 15 heavy (non-hydrogen) atoms. The lowest BCUT2D eigenvalue weighted by atomic mass is 10.1. The monoisotopic (exact) mass is 238 g/mol. The van der Waals surface area contributed by atoms with E-state index in [2.05, 4.69) is 14.6 Å². The van der Waals surface area contributed by atoms with Gasteiger partial charge < -0.3 is 15.3 Å². The number of ether oxygens (including phenoxy) is 2. The summed E-state index contributed by atoms with van der Waals surface area (Å²) in [6.45, 7) is 0. The van der Waals surface area contributed by atoms with E-state index in [1.54, 1.807) is 0 Å². The van der Waals surface area contributed by atoms with Crippen LogP contribution in [0.15, 0.2) is 5.10 Å². The summed E-state index contributed by atoms with van der Waals surface area (Å²) in [5, 5.41) is 3.27. The normalized spacial score (nSPS) is 10.1. The predicted molar refractivity (Wildman–Crippen MR) is 56.8 cm³/mol. The van der Waals surface area contributed by atoms with Crippen LogP contribution in [0.4, 0.5) is 0 Å². The summed E-state index contributed by atoms with van der Waals surface area (Å²) in [6, 6.07) is 0. The van der Waals surface area contributed by atoms with Crippen molar-refractivity contribution in [1.82, 2.24) is 0 Å². The largest absolute Gasteiger partial charge is 0.469 e. The molecule has 0 saturated heterocycles. The van der Waals surface area contributed by atoms with Crippen LogP contribution in [0.25, 0.3) is 0 Å². The zero-order valence-corrected chi connectivity index (χ0v) is 9.50. The average molecular weight is 239 g/mol. The molecule has 0 aliphatic carbocycles. The van der Waals surface area contributed by atoms with E-state index in [1.165, 1.54) is 14.2 Å². The molecule has 0 saturated carbocycles. The average Bonchev–Trinajstić information content (AvgIpc) is 2.22. The van der Waals surface area contributed by atoms with Gasteiger partial charge in [-0.15, -0.1) is 12.4 Å². The van der Waals surface area contributed by atoms with E-state index < -0.39 is 5.97 Å². The number of carbonyl (C=O) groups excluding carboxylic acids is 2. The number of halogens is 1. The Labute approximate surface area is 94.2 Å². The van der Waals surface area contributed by atoms with Gasteiger partial charge in [-0.2, -0.15) is 5.10 Å². The first-order valence-electron chi connectivity index (χ1n) is 4.07. The maximum absolute atomic E-state index is 10.9. The van der Waals surface area contributed by atoms with Crippen LogP contribution in [-0.2, 0) is 19.1 Å². The highest BCUT2D eigenvalue weighted by Crippen LogP contribution is 2.00. The number of nitrogens with two attached hydrogens (primary N) is 1. The zero-order valence-electron chi connectivity index (χ0n) is 8.69. The molecule has 0 radical (unpaired) electrons. The molecule has 0 fully saturated rings. The van der Waals surface area contributed by atoms with Crippen molar-refractivity contribution in [2.75, 3.05) is 14.2 Å². The lowest BCUT2D eigenvalue weighted by molar-refractivity contribution is -0.140. The van der Waals surface area contributed by atoms with Crippen molar-refractivity contribution in [3.05, 3.63) is 0 Å². The zero-order chi connectivity index (χ0) is 11.0. The fourth-order valence-corrected chi connectivity index (χ4v) is 0.839. The smallest absolute Gasteiger partial charge is 0.354 e. The number of hydrogen-bond acceptors (Lipinski definition) is 6. The molecule has 6 nitrogen and oxygen atoms in total. The quantitative estimate of drug-likeness (QED) is 0.321. The van der Waals surface area contributed by atoms with Crippen LogP contribution in [0.3, 0.4) is 0 Å². The summed E-state index contributed by atoms with van der Waals surface area (Å²) >= 11 is 0. The Morgan fingerprint density at radius 3 is 2.20 bits per heavy atom. The summed E-state index contributed by atoms with van der Waals surface area (Å²) < 4.78 is 8.85. The molecule has 0 heterocycles. The van der Waals surface area contributed by atoms with Crippen LogP contribution in [0.1, 0.15) is 19.3 Å². The van der Waals surface area contributed by atoms with Gasteiger partial charge in [0.2, 0.25) is 0 Å². The summed E-state index contributed by atoms with van der Waals surface area (Å²) in [5.41, 5.74) is 0.122. The molecule has 0 aromatic rings. The van der Waals surface area contributed by atoms with Gasteiger partial charge in [-0.3, -0.25) is 4.79 Å². The maximum Gasteiger partial charge on any atom is 0.354 e. The minimum Gasteiger partial charge on any atom is -0.469 e. The number of nitrogens with zero attached hydrogens (tertiary/aromatic N) is 1. The molecule has 0 amide bonds. The van der Waals surface area contributed by atoms with Crippen LogP contribution in [0.5, 0.6) is 0 Å². The molecule has 0 aromatic heterocycles. The SMILES string of the molecule is COC(=O)CCCC(=NN)C(=O)OC.Cl. The standard InChI is InChI=1S/C8H14N2O4.ClH/c1-13-7(11)5-3-4-6(10-9)8(12)14-2;/h3-5,9H2,1-2H3;1H. The van der Waals surface area contributed by atoms with Gasteiger partial charge in [0, 0.05) is 6.42 Å². The number of hydrogen-bond donors (Lipinski definition) is 1. The molecule has 88 valence electrons. The van der Waals surface area contributed by atoms with E-state index in [-0.39, 0.29) is 30.5 Å². The Morgan fingerprint density at radius 1 is 1.20 bits per heavy atom. The summed E-state index contributed by atoms with van der Waals surface area (Å²) in [6.07, 6.45) is 0.989. The number of carbonyl (C=O) groups is 2. The van der Waals surface area contributed by atoms with Gasteiger partial charge in [0.25, 0.3) is 0 Å². The molecule has 7 heteroatoms. The second-order valence-electron chi connectivity index (χ2n) is 2.50. The highest BCUT2D eigenvalue weighted by Gasteiger charge is 2.11. The minimum absolute atomic E-state index is 0. The molecule has 0 aliphatic heterocycles. The van der Waals surface area contributed by atoms with Gasteiger partial charge in [0.1, 0.15) is 5.71 Å². The van der Waals surface area contributed by atoms with Gasteiger partial charge in [0.15, 0.2) is 0 Å². The molecule has 0 spiro atoms. The predicted octanol–water partition coefficient (Wildman–Crippen LogP) is 0.239. The Bertz CT molecular complexity index is 243. The molecule has 2 N–H and O–H groups in total. The van der Waals surface area contributed by atoms with Crippen LogP contribution >= 0.6 is 12.4 Å². The maximum atomic E-state index is 10.9. The second kappa shape index (κ2) is 9.26. The van der Waals surface area contributed by atoms with E-state index in [1.807, 2.05) is 0 Å². The number of rotatable bonds is 5. The topological polar surface area (TPSA) is 91.0 Å². The van der Waals surface area contributed by atoms with E-state index in [0.717, 1.165) is 0 Å². The minimum atomic E-state index is -0.572. The van der Waals surface area contributed by atoms with Gasteiger partial charge in [0.05, 0.1) is 14.2 Å². The second-order valence-corrected chi connectivity index (χ2v) is 2.50. The van der Waals surface area contributed by atoms with Gasteiger partial charge >= 0.3 is 11.9 Å². The van der Waals surface area contributed by atoms with Crippen LogP contribution in [0.2, 0.25) is 0 Å². The van der Waals surface area contributed by atoms with Crippen molar-refractivity contribution in [2.45, 2.75) is 19.3 Å². The molecule has 0 atom stereocenters. The van der Waals surface area contributed by atoms with Gasteiger partial charge in [-0.05, 0) is 12.8 Å². The van der Waals surface area contributed by atoms with E-state index in [9.17, 15) is 9.59 Å². The number of esters is 2. The van der Waals surface area contributed by atoms with Crippen molar-refractivity contribution >= 4 is 30.1 Å². The van der Waals surface area contributed by atoms with Crippen LogP contribution < -0.4 is 5.84 Å². The van der Waals surface area contributed by atoms with E-state index >= 15 is 0 Å². The molecule has 0 bridgehead atoms. The third kappa shape index (κ3) is 6.73. The molecular formula is C8H15ClN2O4. The fraction of sp³-hybridized carbons (Fsp3) is 0.625. The Morgan fingerprint density at radius 2 is 1.80 bits per heavy atom. The van der Waals surface area contributed by atoms with Crippen molar-refractivity contribution in [3.8, 4) is 0 Å². The summed E-state index contributed by atoms with van der Waals surface area (Å²) in [5.74, 6) is 4.07. The van der Waals surface area contributed by atoms with Crippen LogP contribution in [-0.4, -0.2) is 31.9 Å². The molecule has 0 rings (SSSR count). The van der Waals surface area contributed by atoms with Crippen molar-refractivity contribution < 1.29 is 19.1 Å². The van der Waals surface area contributed by atoms with Gasteiger partial charge in [-0.1, -0.05) is 0 Å². The molecule has 0 aromatic carbocycles. The molecule has 0 unspecified atom stereocenters. The summed E-state index contributed by atoms with van der Waals surface area (Å²) in [4.78, 5) is 21.7. The third-order valence-corrected chi connectivity index (χ3v) is 1.60. The van der Waals surface area contributed by atoms with Gasteiger partial charge in [-0.25, -0.2) is 4.79 Å². The van der Waals surface area contributed by atoms with Crippen molar-refractivity contribution in [1.29, 1.82) is 0 Å². The fourth-order valence-electron chi connectivity index (χ4n) is 0.839. The first-order chi connectivity index (χ1) is 6.65. The lowest BCUT2D eigenvalue weighted by Gasteiger charge is -2.01. The third-order valence-electron chi connectivity index (χ3n) is 1.60. The highest BCUT2D eigenvalue weighted by molar-refractivity contribution is 6.36. The van der Waals surface area contributed by atoms with Crippen molar-refractivity contribution in [3.63, 3.8) is 0 Å². The number of methoxy groups -OCH3 is 2. The van der Waals surface area contributed by atoms with E-state index in [0.29, 0.717) is 12.8 Å². The number of hydrazone groups is 1. The Kier molecular flexibility index (Phi) is 9.97. The molecule has 0 aliphatic rings. The Hall–Kier alpha value is -1.30. The highest BCUT2D eigenvalue weighted by atomic mass is 35.5. The first-order valence-corrected chi connectivity index (χ1v) is 4.07. The van der Waals surface area contributed by atoms with E-state index in [4.69, 9.17) is 5.84 Å². The van der Waals surface area contributed by atoms with Crippen molar-refractivity contribution in [2.24, 2.45) is 10.9 Å². The summed E-state index contributed by atoms with van der Waals surface area (Å²) in [7, 11) is 2.55. The first kappa shape index (κ1) is 16.1. The lowest BCUT2D eigenvalue weighted by Crippen LogP contribution is -2.18. The van der Waals surface area contributed by atoms with Crippen LogP contribution in [0, 0.1) is 0 Å². The molecular weight excluding hydrogens is 224 g/mol. The Balaban J connectivity index is 0.